The van der Waals surface area contributed by atoms with Crippen LogP contribution in [0.5, 0.6) is 0 Å². The maximum absolute atomic E-state index is 8.66. The van der Waals surface area contributed by atoms with E-state index in [1.165, 1.54) is 0 Å². The van der Waals surface area contributed by atoms with E-state index in [1.807, 2.05) is 17.5 Å². The van der Waals surface area contributed by atoms with Crippen molar-refractivity contribution in [2.24, 2.45) is 0 Å². The molecule has 0 aliphatic heterocycles. The summed E-state index contributed by atoms with van der Waals surface area (Å²) < 4.78 is 1.06. The summed E-state index contributed by atoms with van der Waals surface area (Å²) in [6.07, 6.45) is 0.369. The van der Waals surface area contributed by atoms with Crippen molar-refractivity contribution in [2.45, 2.75) is 6.42 Å². The van der Waals surface area contributed by atoms with Gasteiger partial charge in [0.1, 0.15) is 0 Å². The van der Waals surface area contributed by atoms with Gasteiger partial charge in [-0.05, 0) is 17.7 Å². The van der Waals surface area contributed by atoms with Crippen molar-refractivity contribution in [3.63, 3.8) is 0 Å². The van der Waals surface area contributed by atoms with Crippen LogP contribution in [0.25, 0.3) is 10.1 Å². The van der Waals surface area contributed by atoms with Gasteiger partial charge in [-0.15, -0.1) is 11.3 Å². The average Bonchev–Trinajstić information content (AvgIpc) is 2.49. The van der Waals surface area contributed by atoms with Crippen molar-refractivity contribution in [3.8, 4) is 6.07 Å². The lowest BCUT2D eigenvalue weighted by Crippen LogP contribution is -1.81. The molecule has 2 rings (SSSR count). The van der Waals surface area contributed by atoms with Crippen LogP contribution in [-0.2, 0) is 6.42 Å². The van der Waals surface area contributed by atoms with Gasteiger partial charge in [0, 0.05) is 20.5 Å². The Kier molecular flexibility index (Phi) is 2.64. The highest BCUT2D eigenvalue weighted by atomic mass is 35.5. The van der Waals surface area contributed by atoms with Crippen LogP contribution in [0.2, 0.25) is 10.0 Å². The largest absolute Gasteiger partial charge is 0.198 e. The minimum Gasteiger partial charge on any atom is -0.198 e. The average molecular weight is 242 g/mol. The number of hydrogen-bond acceptors (Lipinski definition) is 2. The van der Waals surface area contributed by atoms with Gasteiger partial charge in [-0.1, -0.05) is 23.2 Å². The molecule has 0 unspecified atom stereocenters. The molecule has 0 saturated heterocycles. The summed E-state index contributed by atoms with van der Waals surface area (Å²) in [5.74, 6) is 0. The van der Waals surface area contributed by atoms with E-state index in [-0.39, 0.29) is 0 Å². The zero-order valence-corrected chi connectivity index (χ0v) is 9.38. The molecule has 14 heavy (non-hydrogen) atoms. The van der Waals surface area contributed by atoms with Gasteiger partial charge in [0.15, 0.2) is 0 Å². The lowest BCUT2D eigenvalue weighted by molar-refractivity contribution is 1.29. The van der Waals surface area contributed by atoms with E-state index in [1.54, 1.807) is 11.3 Å². The van der Waals surface area contributed by atoms with E-state index < -0.39 is 0 Å². The molecule has 0 atom stereocenters. The summed E-state index contributed by atoms with van der Waals surface area (Å²) in [4.78, 5) is 0. The highest BCUT2D eigenvalue weighted by Crippen LogP contribution is 2.34. The molecule has 1 heterocycles. The van der Waals surface area contributed by atoms with E-state index in [4.69, 9.17) is 28.5 Å². The third-order valence-corrected chi connectivity index (χ3v) is 3.67. The Balaban J connectivity index is 2.76. The summed E-state index contributed by atoms with van der Waals surface area (Å²) in [5, 5.41) is 12.8. The van der Waals surface area contributed by atoms with Crippen molar-refractivity contribution in [2.75, 3.05) is 0 Å². The smallest absolute Gasteiger partial charge is 0.0670 e. The molecule has 1 aromatic carbocycles. The molecular weight excluding hydrogens is 237 g/mol. The second-order valence-corrected chi connectivity index (χ2v) is 4.58. The second kappa shape index (κ2) is 3.78. The Morgan fingerprint density at radius 2 is 2.14 bits per heavy atom. The monoisotopic (exact) mass is 241 g/mol. The normalized spacial score (nSPS) is 10.4. The molecular formula is C10H5Cl2NS. The summed E-state index contributed by atoms with van der Waals surface area (Å²) in [6, 6.07) is 5.77. The van der Waals surface area contributed by atoms with Gasteiger partial charge < -0.3 is 0 Å². The first-order chi connectivity index (χ1) is 6.72. The standard InChI is InChI=1S/C10H5Cl2NS/c11-7-3-6(1-2-13)10-8(4-7)9(12)5-14-10/h3-5H,1H2. The minimum atomic E-state index is 0.369. The zero-order chi connectivity index (χ0) is 10.1. The predicted octanol–water partition coefficient (Wildman–Crippen LogP) is 4.27. The molecule has 1 aromatic heterocycles. The Morgan fingerprint density at radius 1 is 1.36 bits per heavy atom. The van der Waals surface area contributed by atoms with Gasteiger partial charge in [-0.2, -0.15) is 5.26 Å². The fraction of sp³-hybridized carbons (Fsp3) is 0.100. The third-order valence-electron chi connectivity index (χ3n) is 1.94. The van der Waals surface area contributed by atoms with E-state index in [0.717, 1.165) is 15.6 Å². The second-order valence-electron chi connectivity index (χ2n) is 2.86. The number of rotatable bonds is 1. The molecule has 0 saturated carbocycles. The van der Waals surface area contributed by atoms with Gasteiger partial charge in [0.2, 0.25) is 0 Å². The third kappa shape index (κ3) is 1.59. The molecule has 0 aliphatic carbocycles. The van der Waals surface area contributed by atoms with Crippen molar-refractivity contribution in [3.05, 3.63) is 33.1 Å². The Bertz CT molecular complexity index is 525. The van der Waals surface area contributed by atoms with Gasteiger partial charge in [-0.25, -0.2) is 0 Å². The van der Waals surface area contributed by atoms with Crippen LogP contribution in [0.1, 0.15) is 5.56 Å². The molecule has 70 valence electrons. The van der Waals surface area contributed by atoms with E-state index in [0.29, 0.717) is 16.5 Å². The van der Waals surface area contributed by atoms with Crippen LogP contribution in [-0.4, -0.2) is 0 Å². The number of fused-ring (bicyclic) bond motifs is 1. The first-order valence-corrected chi connectivity index (χ1v) is 5.58. The molecule has 0 aliphatic rings. The van der Waals surface area contributed by atoms with Gasteiger partial charge in [0.05, 0.1) is 17.5 Å². The zero-order valence-electron chi connectivity index (χ0n) is 7.05. The van der Waals surface area contributed by atoms with E-state index in [9.17, 15) is 0 Å². The lowest BCUT2D eigenvalue weighted by Gasteiger charge is -1.99. The quantitative estimate of drug-likeness (QED) is 0.732. The number of nitriles is 1. The molecule has 1 nitrogen and oxygen atoms in total. The van der Waals surface area contributed by atoms with Crippen LogP contribution in [0, 0.1) is 11.3 Å². The number of benzene rings is 1. The number of halogens is 2. The molecule has 0 amide bonds. The molecule has 0 spiro atoms. The van der Waals surface area contributed by atoms with Crippen molar-refractivity contribution < 1.29 is 0 Å². The Hall–Kier alpha value is -0.750. The highest BCUT2D eigenvalue weighted by molar-refractivity contribution is 7.18. The molecule has 2 aromatic rings. The molecule has 0 N–H and O–H groups in total. The SMILES string of the molecule is N#CCc1cc(Cl)cc2c(Cl)csc12. The van der Waals surface area contributed by atoms with Crippen LogP contribution in [0.15, 0.2) is 17.5 Å². The van der Waals surface area contributed by atoms with Crippen molar-refractivity contribution >= 4 is 44.6 Å². The number of nitrogens with zero attached hydrogens (tertiary/aromatic N) is 1. The predicted molar refractivity (Wildman–Crippen MR) is 61.2 cm³/mol. The summed E-state index contributed by atoms with van der Waals surface area (Å²) >= 11 is 13.5. The Morgan fingerprint density at radius 3 is 2.86 bits per heavy atom. The van der Waals surface area contributed by atoms with Gasteiger partial charge >= 0.3 is 0 Å². The molecule has 0 fully saturated rings. The first-order valence-electron chi connectivity index (χ1n) is 3.94. The van der Waals surface area contributed by atoms with Crippen molar-refractivity contribution in [1.82, 2.24) is 0 Å². The fourth-order valence-electron chi connectivity index (χ4n) is 1.36. The number of hydrogen-bond donors (Lipinski definition) is 0. The van der Waals surface area contributed by atoms with E-state index in [2.05, 4.69) is 6.07 Å². The van der Waals surface area contributed by atoms with Crippen LogP contribution < -0.4 is 0 Å². The first kappa shape index (κ1) is 9.79. The van der Waals surface area contributed by atoms with Crippen LogP contribution >= 0.6 is 34.5 Å². The van der Waals surface area contributed by atoms with Gasteiger partial charge in [-0.3, -0.25) is 0 Å². The topological polar surface area (TPSA) is 23.8 Å². The summed E-state index contributed by atoms with van der Waals surface area (Å²) in [6.45, 7) is 0. The summed E-state index contributed by atoms with van der Waals surface area (Å²) in [7, 11) is 0. The maximum Gasteiger partial charge on any atom is 0.0670 e. The lowest BCUT2D eigenvalue weighted by atomic mass is 10.1. The maximum atomic E-state index is 8.66. The van der Waals surface area contributed by atoms with Gasteiger partial charge in [0.25, 0.3) is 0 Å². The van der Waals surface area contributed by atoms with E-state index >= 15 is 0 Å². The van der Waals surface area contributed by atoms with Crippen LogP contribution in [0.4, 0.5) is 0 Å². The molecule has 4 heteroatoms. The van der Waals surface area contributed by atoms with Crippen molar-refractivity contribution in [1.29, 1.82) is 5.26 Å². The molecule has 0 radical (unpaired) electrons. The minimum absolute atomic E-state index is 0.369. The van der Waals surface area contributed by atoms with Crippen LogP contribution in [0.3, 0.4) is 0 Å². The molecule has 0 bridgehead atoms. The summed E-state index contributed by atoms with van der Waals surface area (Å²) in [5.41, 5.74) is 0.951. The Labute approximate surface area is 95.5 Å². The fourth-order valence-corrected chi connectivity index (χ4v) is 2.86. The highest BCUT2D eigenvalue weighted by Gasteiger charge is 2.08. The number of thiophene rings is 1.